The van der Waals surface area contributed by atoms with Crippen LogP contribution in [0, 0.1) is 17.1 Å². The molecule has 1 saturated heterocycles. The van der Waals surface area contributed by atoms with Crippen LogP contribution in [0.4, 0.5) is 10.1 Å². The normalized spacial score (nSPS) is 14.9. The molecule has 3 rings (SSSR count). The highest BCUT2D eigenvalue weighted by Crippen LogP contribution is 2.26. The lowest BCUT2D eigenvalue weighted by atomic mass is 10.1. The molecule has 5 nitrogen and oxygen atoms in total. The summed E-state index contributed by atoms with van der Waals surface area (Å²) in [5.74, 6) is 0.378. The van der Waals surface area contributed by atoms with E-state index in [-0.39, 0.29) is 19.0 Å². The van der Waals surface area contributed by atoms with Crippen molar-refractivity contribution in [2.24, 2.45) is 0 Å². The van der Waals surface area contributed by atoms with Crippen molar-refractivity contribution in [3.8, 4) is 11.8 Å². The number of piperazine rings is 1. The van der Waals surface area contributed by atoms with E-state index < -0.39 is 0 Å². The lowest BCUT2D eigenvalue weighted by Crippen LogP contribution is -2.46. The summed E-state index contributed by atoms with van der Waals surface area (Å²) >= 11 is 0. The minimum atomic E-state index is -0.214. The molecule has 0 saturated carbocycles. The van der Waals surface area contributed by atoms with Crippen molar-refractivity contribution >= 4 is 5.69 Å². The molecular formula is C20H22FN3O2. The number of aliphatic hydroxyl groups is 1. The first-order valence-electron chi connectivity index (χ1n) is 8.69. The van der Waals surface area contributed by atoms with Crippen LogP contribution in [-0.4, -0.2) is 49.4 Å². The molecule has 0 spiro atoms. The molecule has 0 aliphatic carbocycles. The van der Waals surface area contributed by atoms with Gasteiger partial charge in [0.15, 0.2) is 0 Å². The highest BCUT2D eigenvalue weighted by atomic mass is 19.1. The second-order valence-corrected chi connectivity index (χ2v) is 6.25. The van der Waals surface area contributed by atoms with Gasteiger partial charge in [0.25, 0.3) is 0 Å². The maximum Gasteiger partial charge on any atom is 0.123 e. The lowest BCUT2D eigenvalue weighted by molar-refractivity contribution is 0.201. The summed E-state index contributed by atoms with van der Waals surface area (Å²) in [7, 11) is 0. The van der Waals surface area contributed by atoms with Crippen LogP contribution in [0.3, 0.4) is 0 Å². The fourth-order valence-corrected chi connectivity index (χ4v) is 3.13. The Morgan fingerprint density at radius 3 is 2.46 bits per heavy atom. The van der Waals surface area contributed by atoms with Crippen LogP contribution >= 0.6 is 0 Å². The van der Waals surface area contributed by atoms with Crippen LogP contribution in [0.15, 0.2) is 42.5 Å². The molecule has 26 heavy (non-hydrogen) atoms. The van der Waals surface area contributed by atoms with E-state index in [2.05, 4.69) is 15.9 Å². The summed E-state index contributed by atoms with van der Waals surface area (Å²) < 4.78 is 18.4. The summed E-state index contributed by atoms with van der Waals surface area (Å²) in [6.45, 7) is 4.37. The van der Waals surface area contributed by atoms with Crippen LogP contribution in [0.1, 0.15) is 11.1 Å². The summed E-state index contributed by atoms with van der Waals surface area (Å²) in [5, 5.41) is 18.3. The Morgan fingerprint density at radius 1 is 1.08 bits per heavy atom. The third-order valence-corrected chi connectivity index (χ3v) is 4.48. The summed E-state index contributed by atoms with van der Waals surface area (Å²) in [4.78, 5) is 4.53. The molecule has 0 bridgehead atoms. The SMILES string of the molecule is N#Cc1cc(OCCO)ccc1N1CCN(Cc2ccc(F)cc2)CC1. The maximum absolute atomic E-state index is 13.0. The van der Waals surface area contributed by atoms with Gasteiger partial charge in [-0.05, 0) is 35.9 Å². The first-order chi connectivity index (χ1) is 12.7. The van der Waals surface area contributed by atoms with E-state index in [1.54, 1.807) is 6.07 Å². The van der Waals surface area contributed by atoms with Crippen molar-refractivity contribution in [3.05, 3.63) is 59.4 Å². The van der Waals surface area contributed by atoms with Gasteiger partial charge < -0.3 is 14.7 Å². The quantitative estimate of drug-likeness (QED) is 0.862. The van der Waals surface area contributed by atoms with Gasteiger partial charge in [-0.3, -0.25) is 4.90 Å². The number of nitriles is 1. The topological polar surface area (TPSA) is 59.7 Å². The molecule has 0 aromatic heterocycles. The Morgan fingerprint density at radius 2 is 1.81 bits per heavy atom. The summed E-state index contributed by atoms with van der Waals surface area (Å²) in [5.41, 5.74) is 2.58. The standard InChI is InChI=1S/C20H22FN3O2/c21-18-3-1-16(2-4-18)15-23-7-9-24(10-8-23)20-6-5-19(26-12-11-25)13-17(20)14-22/h1-6,13,25H,7-12,15H2. The molecule has 136 valence electrons. The number of hydrogen-bond donors (Lipinski definition) is 1. The summed E-state index contributed by atoms with van der Waals surface area (Å²) in [6, 6.07) is 14.3. The van der Waals surface area contributed by atoms with E-state index in [1.807, 2.05) is 24.3 Å². The fourth-order valence-electron chi connectivity index (χ4n) is 3.13. The number of benzene rings is 2. The van der Waals surface area contributed by atoms with E-state index in [9.17, 15) is 9.65 Å². The minimum absolute atomic E-state index is 0.0559. The molecule has 0 radical (unpaired) electrons. The Labute approximate surface area is 152 Å². The Bertz CT molecular complexity index is 766. The number of hydrogen-bond acceptors (Lipinski definition) is 5. The van der Waals surface area contributed by atoms with Crippen molar-refractivity contribution in [1.82, 2.24) is 4.90 Å². The molecule has 1 N–H and O–H groups in total. The molecule has 0 atom stereocenters. The monoisotopic (exact) mass is 355 g/mol. The molecule has 1 heterocycles. The zero-order valence-electron chi connectivity index (χ0n) is 14.6. The van der Waals surface area contributed by atoms with Gasteiger partial charge in [0.1, 0.15) is 24.2 Å². The maximum atomic E-state index is 13.0. The van der Waals surface area contributed by atoms with Gasteiger partial charge in [-0.1, -0.05) is 12.1 Å². The van der Waals surface area contributed by atoms with E-state index in [1.165, 1.54) is 12.1 Å². The van der Waals surface area contributed by atoms with Crippen molar-refractivity contribution < 1.29 is 14.2 Å². The Kier molecular flexibility index (Phi) is 6.05. The molecule has 6 heteroatoms. The van der Waals surface area contributed by atoms with E-state index >= 15 is 0 Å². The second-order valence-electron chi connectivity index (χ2n) is 6.25. The molecule has 2 aromatic carbocycles. The third kappa shape index (κ3) is 4.51. The first kappa shape index (κ1) is 18.2. The number of anilines is 1. The molecule has 0 unspecified atom stereocenters. The van der Waals surface area contributed by atoms with Gasteiger partial charge in [0.05, 0.1) is 17.9 Å². The molecule has 1 aliphatic heterocycles. The number of halogens is 1. The van der Waals surface area contributed by atoms with Crippen LogP contribution in [0.25, 0.3) is 0 Å². The van der Waals surface area contributed by atoms with E-state index in [0.29, 0.717) is 11.3 Å². The van der Waals surface area contributed by atoms with Crippen LogP contribution in [0.2, 0.25) is 0 Å². The van der Waals surface area contributed by atoms with Crippen molar-refractivity contribution in [3.63, 3.8) is 0 Å². The van der Waals surface area contributed by atoms with Gasteiger partial charge in [-0.15, -0.1) is 0 Å². The first-order valence-corrected chi connectivity index (χ1v) is 8.69. The van der Waals surface area contributed by atoms with E-state index in [4.69, 9.17) is 9.84 Å². The molecule has 1 fully saturated rings. The van der Waals surface area contributed by atoms with Gasteiger partial charge in [-0.25, -0.2) is 4.39 Å². The average molecular weight is 355 g/mol. The van der Waals surface area contributed by atoms with Crippen LogP contribution in [0.5, 0.6) is 5.75 Å². The molecule has 1 aliphatic rings. The largest absolute Gasteiger partial charge is 0.491 e. The molecular weight excluding hydrogens is 333 g/mol. The Hall–Kier alpha value is -2.62. The number of rotatable bonds is 6. The predicted molar refractivity (Wildman–Crippen MR) is 97.6 cm³/mol. The second kappa shape index (κ2) is 8.65. The van der Waals surface area contributed by atoms with E-state index in [0.717, 1.165) is 44.0 Å². The zero-order chi connectivity index (χ0) is 18.4. The number of nitrogens with zero attached hydrogens (tertiary/aromatic N) is 3. The number of aliphatic hydroxyl groups excluding tert-OH is 1. The Balaban J connectivity index is 1.60. The van der Waals surface area contributed by atoms with Gasteiger partial charge >= 0.3 is 0 Å². The van der Waals surface area contributed by atoms with Gasteiger partial charge in [0, 0.05) is 32.7 Å². The zero-order valence-corrected chi connectivity index (χ0v) is 14.6. The fraction of sp³-hybridized carbons (Fsp3) is 0.350. The van der Waals surface area contributed by atoms with Gasteiger partial charge in [0.2, 0.25) is 0 Å². The molecule has 0 amide bonds. The van der Waals surface area contributed by atoms with Crippen molar-refractivity contribution in [1.29, 1.82) is 5.26 Å². The highest BCUT2D eigenvalue weighted by Gasteiger charge is 2.19. The third-order valence-electron chi connectivity index (χ3n) is 4.48. The summed E-state index contributed by atoms with van der Waals surface area (Å²) in [6.07, 6.45) is 0. The van der Waals surface area contributed by atoms with Crippen molar-refractivity contribution in [2.75, 3.05) is 44.3 Å². The van der Waals surface area contributed by atoms with Crippen LogP contribution in [-0.2, 0) is 6.54 Å². The minimum Gasteiger partial charge on any atom is -0.491 e. The lowest BCUT2D eigenvalue weighted by Gasteiger charge is -2.36. The van der Waals surface area contributed by atoms with Crippen LogP contribution < -0.4 is 9.64 Å². The van der Waals surface area contributed by atoms with Gasteiger partial charge in [-0.2, -0.15) is 5.26 Å². The highest BCUT2D eigenvalue weighted by molar-refractivity contribution is 5.62. The predicted octanol–water partition coefficient (Wildman–Crippen LogP) is 2.39. The smallest absolute Gasteiger partial charge is 0.123 e. The molecule has 2 aromatic rings. The average Bonchev–Trinajstić information content (AvgIpc) is 2.68. The van der Waals surface area contributed by atoms with Crippen molar-refractivity contribution in [2.45, 2.75) is 6.54 Å². The number of ether oxygens (including phenoxy) is 1.